The number of nitrogens with zero attached hydrogens (tertiary/aromatic N) is 1. The van der Waals surface area contributed by atoms with E-state index in [-0.39, 0.29) is 11.6 Å². The van der Waals surface area contributed by atoms with E-state index in [0.717, 1.165) is 11.3 Å². The molecule has 1 N–H and O–H groups in total. The number of para-hydroxylation sites is 1. The van der Waals surface area contributed by atoms with E-state index in [0.29, 0.717) is 45.4 Å². The number of nitrogens with one attached hydrogen (secondary N) is 1. The Morgan fingerprint density at radius 3 is 2.33 bits per heavy atom. The molecule has 0 aliphatic carbocycles. The van der Waals surface area contributed by atoms with Crippen molar-refractivity contribution in [2.45, 2.75) is 54.1 Å². The first kappa shape index (κ1) is 21.4. The van der Waals surface area contributed by atoms with Crippen molar-refractivity contribution in [2.75, 3.05) is 0 Å². The van der Waals surface area contributed by atoms with Crippen molar-refractivity contribution >= 4 is 28.4 Å². The van der Waals surface area contributed by atoms with E-state index >= 15 is 0 Å². The number of carbonyl (C=O) groups is 3. The summed E-state index contributed by atoms with van der Waals surface area (Å²) in [6.07, 6.45) is -0.328. The van der Waals surface area contributed by atoms with Crippen LogP contribution in [-0.2, 0) is 11.2 Å². The van der Waals surface area contributed by atoms with Gasteiger partial charge >= 0.3 is 5.97 Å². The van der Waals surface area contributed by atoms with E-state index in [2.05, 4.69) is 9.97 Å². The van der Waals surface area contributed by atoms with Gasteiger partial charge in [0.15, 0.2) is 11.9 Å². The van der Waals surface area contributed by atoms with Crippen LogP contribution in [0.4, 0.5) is 0 Å². The van der Waals surface area contributed by atoms with Crippen LogP contribution in [-0.4, -0.2) is 33.6 Å². The standard InChI is InChI=1S/C24H26N2O4/c1-7-18-12(2)21(17-10-8-9-11-19(17)26-18)24(29)30-16(6)23(28)22-13(3)20(15(5)27)14(4)25-22/h8-11,16,25H,7H2,1-6H3. The van der Waals surface area contributed by atoms with Gasteiger partial charge < -0.3 is 9.72 Å². The number of Topliss-reactive ketones (excluding diaryl/α,β-unsaturated/α-hetero) is 2. The van der Waals surface area contributed by atoms with Crippen LogP contribution >= 0.6 is 0 Å². The molecule has 1 atom stereocenters. The van der Waals surface area contributed by atoms with E-state index in [4.69, 9.17) is 4.74 Å². The number of ether oxygens (including phenoxy) is 1. The molecule has 6 heteroatoms. The first-order valence-corrected chi connectivity index (χ1v) is 10.0. The minimum absolute atomic E-state index is 0.115. The summed E-state index contributed by atoms with van der Waals surface area (Å²) in [6, 6.07) is 7.40. The number of hydrogen-bond donors (Lipinski definition) is 1. The fourth-order valence-electron chi connectivity index (χ4n) is 3.97. The van der Waals surface area contributed by atoms with Gasteiger partial charge in [-0.2, -0.15) is 0 Å². The fraction of sp³-hybridized carbons (Fsp3) is 0.333. The number of pyridine rings is 1. The minimum Gasteiger partial charge on any atom is -0.451 e. The second-order valence-corrected chi connectivity index (χ2v) is 7.52. The summed E-state index contributed by atoms with van der Waals surface area (Å²) in [7, 11) is 0. The Morgan fingerprint density at radius 2 is 1.73 bits per heavy atom. The second-order valence-electron chi connectivity index (χ2n) is 7.52. The van der Waals surface area contributed by atoms with Crippen molar-refractivity contribution in [3.63, 3.8) is 0 Å². The highest BCUT2D eigenvalue weighted by molar-refractivity contribution is 6.08. The van der Waals surface area contributed by atoms with Crippen LogP contribution in [0.25, 0.3) is 10.9 Å². The molecule has 1 unspecified atom stereocenters. The van der Waals surface area contributed by atoms with E-state index in [1.165, 1.54) is 6.92 Å². The molecule has 0 saturated heterocycles. The zero-order chi connectivity index (χ0) is 22.2. The molecule has 0 fully saturated rings. The van der Waals surface area contributed by atoms with Crippen LogP contribution < -0.4 is 0 Å². The third-order valence-corrected chi connectivity index (χ3v) is 5.46. The molecule has 156 valence electrons. The Labute approximate surface area is 175 Å². The number of benzene rings is 1. The molecule has 0 aliphatic heterocycles. The molecule has 0 saturated carbocycles. The van der Waals surface area contributed by atoms with Gasteiger partial charge in [-0.25, -0.2) is 4.79 Å². The average Bonchev–Trinajstić information content (AvgIpc) is 3.00. The summed E-state index contributed by atoms with van der Waals surface area (Å²) >= 11 is 0. The van der Waals surface area contributed by atoms with Crippen LogP contribution in [0, 0.1) is 20.8 Å². The lowest BCUT2D eigenvalue weighted by Gasteiger charge is -2.16. The molecular formula is C24H26N2O4. The molecule has 2 aromatic heterocycles. The maximum Gasteiger partial charge on any atom is 0.339 e. The largest absolute Gasteiger partial charge is 0.451 e. The highest BCUT2D eigenvalue weighted by Gasteiger charge is 2.28. The van der Waals surface area contributed by atoms with Gasteiger partial charge in [-0.1, -0.05) is 25.1 Å². The van der Waals surface area contributed by atoms with Gasteiger partial charge in [0.2, 0.25) is 5.78 Å². The van der Waals surface area contributed by atoms with E-state index in [1.807, 2.05) is 38.1 Å². The molecule has 0 aliphatic rings. The molecule has 1 aromatic carbocycles. The highest BCUT2D eigenvalue weighted by Crippen LogP contribution is 2.26. The quantitative estimate of drug-likeness (QED) is 0.474. The minimum atomic E-state index is -1.01. The van der Waals surface area contributed by atoms with Crippen molar-refractivity contribution < 1.29 is 19.1 Å². The fourth-order valence-corrected chi connectivity index (χ4v) is 3.97. The van der Waals surface area contributed by atoms with E-state index in [1.54, 1.807) is 20.8 Å². The lowest BCUT2D eigenvalue weighted by molar-refractivity contribution is 0.0318. The average molecular weight is 406 g/mol. The normalized spacial score (nSPS) is 12.1. The van der Waals surface area contributed by atoms with Gasteiger partial charge in [-0.3, -0.25) is 14.6 Å². The molecular weight excluding hydrogens is 380 g/mol. The lowest BCUT2D eigenvalue weighted by Crippen LogP contribution is -2.26. The SMILES string of the molecule is CCc1nc2ccccc2c(C(=O)OC(C)C(=O)c2[nH]c(C)c(C(C)=O)c2C)c1C. The topological polar surface area (TPSA) is 89.1 Å². The zero-order valence-corrected chi connectivity index (χ0v) is 18.2. The summed E-state index contributed by atoms with van der Waals surface area (Å²) in [5.74, 6) is -1.05. The molecule has 6 nitrogen and oxygen atoms in total. The third-order valence-electron chi connectivity index (χ3n) is 5.46. The predicted octanol–water partition coefficient (Wildman–Crippen LogP) is 4.68. The molecule has 3 aromatic rings. The van der Waals surface area contributed by atoms with Gasteiger partial charge in [-0.15, -0.1) is 0 Å². The third kappa shape index (κ3) is 3.65. The second kappa shape index (κ2) is 8.22. The number of esters is 1. The smallest absolute Gasteiger partial charge is 0.339 e. The van der Waals surface area contributed by atoms with E-state index in [9.17, 15) is 14.4 Å². The maximum atomic E-state index is 13.1. The highest BCUT2D eigenvalue weighted by atomic mass is 16.5. The van der Waals surface area contributed by atoms with Crippen LogP contribution in [0.15, 0.2) is 24.3 Å². The first-order chi connectivity index (χ1) is 14.2. The van der Waals surface area contributed by atoms with Crippen LogP contribution in [0.2, 0.25) is 0 Å². The Morgan fingerprint density at radius 1 is 1.07 bits per heavy atom. The Hall–Kier alpha value is -3.28. The van der Waals surface area contributed by atoms with Crippen LogP contribution in [0.1, 0.15) is 74.5 Å². The number of rotatable bonds is 6. The first-order valence-electron chi connectivity index (χ1n) is 10.0. The number of aryl methyl sites for hydroxylation is 2. The number of aromatic amines is 1. The van der Waals surface area contributed by atoms with Crippen LogP contribution in [0.5, 0.6) is 0 Å². The molecule has 0 spiro atoms. The Bertz CT molecular complexity index is 1170. The van der Waals surface area contributed by atoms with Gasteiger partial charge in [0.25, 0.3) is 0 Å². The predicted molar refractivity (Wildman–Crippen MR) is 115 cm³/mol. The van der Waals surface area contributed by atoms with Crippen LogP contribution in [0.3, 0.4) is 0 Å². The number of hydrogen-bond acceptors (Lipinski definition) is 5. The summed E-state index contributed by atoms with van der Waals surface area (Å²) in [6.45, 7) is 10.3. The summed E-state index contributed by atoms with van der Waals surface area (Å²) in [5, 5.41) is 0.697. The Balaban J connectivity index is 1.95. The number of carbonyl (C=O) groups excluding carboxylic acids is 3. The Kier molecular flexibility index (Phi) is 5.87. The molecule has 30 heavy (non-hydrogen) atoms. The van der Waals surface area contributed by atoms with Crippen molar-refractivity contribution in [3.8, 4) is 0 Å². The van der Waals surface area contributed by atoms with Gasteiger partial charge in [-0.05, 0) is 58.2 Å². The number of aromatic nitrogens is 2. The van der Waals surface area contributed by atoms with Crippen molar-refractivity contribution in [1.29, 1.82) is 0 Å². The lowest BCUT2D eigenvalue weighted by atomic mass is 10.00. The molecule has 0 amide bonds. The molecule has 0 bridgehead atoms. The van der Waals surface area contributed by atoms with Gasteiger partial charge in [0, 0.05) is 22.3 Å². The summed E-state index contributed by atoms with van der Waals surface area (Å²) < 4.78 is 5.58. The zero-order valence-electron chi connectivity index (χ0n) is 18.2. The van der Waals surface area contributed by atoms with Gasteiger partial charge in [0.05, 0.1) is 16.8 Å². The number of fused-ring (bicyclic) bond motifs is 1. The summed E-state index contributed by atoms with van der Waals surface area (Å²) in [4.78, 5) is 45.5. The maximum absolute atomic E-state index is 13.1. The van der Waals surface area contributed by atoms with Crippen molar-refractivity contribution in [2.24, 2.45) is 0 Å². The number of ketones is 2. The summed E-state index contributed by atoms with van der Waals surface area (Å²) in [5.41, 5.74) is 4.73. The van der Waals surface area contributed by atoms with Gasteiger partial charge in [0.1, 0.15) is 0 Å². The monoisotopic (exact) mass is 406 g/mol. The van der Waals surface area contributed by atoms with E-state index < -0.39 is 12.1 Å². The number of H-pyrrole nitrogens is 1. The molecule has 2 heterocycles. The van der Waals surface area contributed by atoms with Crippen molar-refractivity contribution in [1.82, 2.24) is 9.97 Å². The molecule has 3 rings (SSSR count). The van der Waals surface area contributed by atoms with Crippen molar-refractivity contribution in [3.05, 3.63) is 63.6 Å². The molecule has 0 radical (unpaired) electrons.